The van der Waals surface area contributed by atoms with Crippen LogP contribution in [-0.4, -0.2) is 16.9 Å². The summed E-state index contributed by atoms with van der Waals surface area (Å²) in [6, 6.07) is 8.52. The number of halogens is 3. The first-order chi connectivity index (χ1) is 11.3. The number of non-ortho nitro benzene ring substituents is 1. The summed E-state index contributed by atoms with van der Waals surface area (Å²) in [5.41, 5.74) is 0.100. The zero-order valence-electron chi connectivity index (χ0n) is 12.3. The smallest absolute Gasteiger partial charge is 0.271 e. The average molecular weight is 390 g/mol. The van der Waals surface area contributed by atoms with Crippen LogP contribution in [0.4, 0.5) is 11.4 Å². The molecule has 0 saturated heterocycles. The van der Waals surface area contributed by atoms with Gasteiger partial charge in [0.2, 0.25) is 0 Å². The molecule has 0 aliphatic carbocycles. The van der Waals surface area contributed by atoms with Crippen LogP contribution in [0.15, 0.2) is 36.4 Å². The Morgan fingerprint density at radius 2 is 1.79 bits per heavy atom. The van der Waals surface area contributed by atoms with Crippen LogP contribution in [0.2, 0.25) is 15.1 Å². The highest BCUT2D eigenvalue weighted by Crippen LogP contribution is 2.31. The molecular weight excluding hydrogens is 379 g/mol. The molecule has 24 heavy (non-hydrogen) atoms. The first kappa shape index (κ1) is 18.3. The Kier molecular flexibility index (Phi) is 5.88. The van der Waals surface area contributed by atoms with Crippen molar-refractivity contribution in [2.24, 2.45) is 0 Å². The summed E-state index contributed by atoms with van der Waals surface area (Å²) in [6.07, 6.45) is -0.934. The van der Waals surface area contributed by atoms with E-state index in [4.69, 9.17) is 39.5 Å². The highest BCUT2D eigenvalue weighted by molar-refractivity contribution is 6.39. The summed E-state index contributed by atoms with van der Waals surface area (Å²) in [4.78, 5) is 22.3. The first-order valence-electron chi connectivity index (χ1n) is 6.65. The summed E-state index contributed by atoms with van der Waals surface area (Å²) in [6.45, 7) is 1.50. The molecule has 1 atom stereocenters. The number of hydrogen-bond acceptors (Lipinski definition) is 4. The third-order valence-electron chi connectivity index (χ3n) is 3.01. The van der Waals surface area contributed by atoms with E-state index in [0.29, 0.717) is 0 Å². The molecule has 0 aromatic heterocycles. The lowest BCUT2D eigenvalue weighted by Gasteiger charge is -2.16. The fraction of sp³-hybridized carbons (Fsp3) is 0.133. The fourth-order valence-corrected chi connectivity index (χ4v) is 2.50. The second kappa shape index (κ2) is 7.70. The predicted molar refractivity (Wildman–Crippen MR) is 93.3 cm³/mol. The number of rotatable bonds is 5. The van der Waals surface area contributed by atoms with Gasteiger partial charge in [0.15, 0.2) is 6.10 Å². The lowest BCUT2D eigenvalue weighted by atomic mass is 10.2. The molecule has 6 nitrogen and oxygen atoms in total. The molecular formula is C15H11Cl3N2O4. The molecule has 0 aliphatic heterocycles. The van der Waals surface area contributed by atoms with Crippen molar-refractivity contribution >= 4 is 52.1 Å². The van der Waals surface area contributed by atoms with Crippen molar-refractivity contribution in [2.75, 3.05) is 5.32 Å². The van der Waals surface area contributed by atoms with Crippen molar-refractivity contribution in [1.82, 2.24) is 0 Å². The van der Waals surface area contributed by atoms with Crippen molar-refractivity contribution in [1.29, 1.82) is 0 Å². The van der Waals surface area contributed by atoms with E-state index in [1.54, 1.807) is 18.2 Å². The number of hydrogen-bond donors (Lipinski definition) is 1. The van der Waals surface area contributed by atoms with Gasteiger partial charge in [-0.2, -0.15) is 0 Å². The normalized spacial score (nSPS) is 11.7. The van der Waals surface area contributed by atoms with Crippen molar-refractivity contribution in [2.45, 2.75) is 13.0 Å². The Labute approximate surface area is 152 Å². The number of ether oxygens (including phenoxy) is 1. The van der Waals surface area contributed by atoms with Gasteiger partial charge in [0.1, 0.15) is 5.75 Å². The van der Waals surface area contributed by atoms with Crippen molar-refractivity contribution in [3.8, 4) is 5.75 Å². The fourth-order valence-electron chi connectivity index (χ4n) is 1.78. The average Bonchev–Trinajstić information content (AvgIpc) is 2.52. The standard InChI is InChI=1S/C15H11Cl3N2O4/c1-8(15(21)19-14-10(16)3-2-4-11(14)17)24-13-6-5-9(20(22)23)7-12(13)18/h2-8H,1H3,(H,19,21)/t8-/m1/s1. The van der Waals surface area contributed by atoms with Gasteiger partial charge in [-0.1, -0.05) is 40.9 Å². The summed E-state index contributed by atoms with van der Waals surface area (Å²) in [5.74, 6) is -0.352. The van der Waals surface area contributed by atoms with Gasteiger partial charge in [0.05, 0.1) is 25.7 Å². The number of nitro benzene ring substituents is 1. The molecule has 0 saturated carbocycles. The van der Waals surface area contributed by atoms with Crippen LogP contribution < -0.4 is 10.1 Å². The van der Waals surface area contributed by atoms with Gasteiger partial charge in [-0.05, 0) is 25.1 Å². The summed E-state index contributed by atoms with van der Waals surface area (Å²) in [5, 5.41) is 13.9. The predicted octanol–water partition coefficient (Wildman–Crippen LogP) is 4.96. The summed E-state index contributed by atoms with van der Waals surface area (Å²) < 4.78 is 5.44. The second-order valence-corrected chi connectivity index (χ2v) is 5.94. The zero-order chi connectivity index (χ0) is 17.9. The minimum Gasteiger partial charge on any atom is -0.479 e. The summed E-state index contributed by atoms with van der Waals surface area (Å²) in [7, 11) is 0. The highest BCUT2D eigenvalue weighted by Gasteiger charge is 2.19. The van der Waals surface area contributed by atoms with Gasteiger partial charge in [-0.3, -0.25) is 14.9 Å². The molecule has 1 amide bonds. The number of nitro groups is 1. The Bertz CT molecular complexity index is 778. The molecule has 2 aromatic rings. The molecule has 0 heterocycles. The molecule has 0 aliphatic rings. The number of benzene rings is 2. The Balaban J connectivity index is 2.11. The van der Waals surface area contributed by atoms with Gasteiger partial charge in [-0.25, -0.2) is 0 Å². The maximum absolute atomic E-state index is 12.2. The van der Waals surface area contributed by atoms with Gasteiger partial charge in [-0.15, -0.1) is 0 Å². The van der Waals surface area contributed by atoms with Gasteiger partial charge in [0.25, 0.3) is 11.6 Å². The molecule has 0 unspecified atom stereocenters. The zero-order valence-corrected chi connectivity index (χ0v) is 14.5. The van der Waals surface area contributed by atoms with Crippen LogP contribution in [0, 0.1) is 10.1 Å². The van der Waals surface area contributed by atoms with Gasteiger partial charge in [0, 0.05) is 12.1 Å². The van der Waals surface area contributed by atoms with Crippen LogP contribution in [0.1, 0.15) is 6.92 Å². The number of amides is 1. The van der Waals surface area contributed by atoms with Crippen LogP contribution in [0.3, 0.4) is 0 Å². The number of nitrogens with zero attached hydrogens (tertiary/aromatic N) is 1. The molecule has 1 N–H and O–H groups in total. The van der Waals surface area contributed by atoms with Gasteiger partial charge >= 0.3 is 0 Å². The quantitative estimate of drug-likeness (QED) is 0.579. The van der Waals surface area contributed by atoms with E-state index in [1.807, 2.05) is 0 Å². The first-order valence-corrected chi connectivity index (χ1v) is 7.78. The van der Waals surface area contributed by atoms with E-state index < -0.39 is 16.9 Å². The van der Waals surface area contributed by atoms with E-state index in [-0.39, 0.29) is 32.2 Å². The molecule has 0 radical (unpaired) electrons. The highest BCUT2D eigenvalue weighted by atomic mass is 35.5. The van der Waals surface area contributed by atoms with E-state index in [0.717, 1.165) is 6.07 Å². The maximum atomic E-state index is 12.2. The number of carbonyl (C=O) groups excluding carboxylic acids is 1. The second-order valence-electron chi connectivity index (χ2n) is 4.72. The largest absolute Gasteiger partial charge is 0.479 e. The van der Waals surface area contributed by atoms with E-state index >= 15 is 0 Å². The lowest BCUT2D eigenvalue weighted by molar-refractivity contribution is -0.384. The van der Waals surface area contributed by atoms with E-state index in [1.165, 1.54) is 19.1 Å². The summed E-state index contributed by atoms with van der Waals surface area (Å²) >= 11 is 17.9. The number of anilines is 1. The van der Waals surface area contributed by atoms with E-state index in [2.05, 4.69) is 5.32 Å². The topological polar surface area (TPSA) is 81.5 Å². The number of carbonyl (C=O) groups is 1. The molecule has 126 valence electrons. The molecule has 0 bridgehead atoms. The Hall–Kier alpha value is -2.02. The molecule has 9 heteroatoms. The third kappa shape index (κ3) is 4.29. The van der Waals surface area contributed by atoms with Crippen LogP contribution in [0.25, 0.3) is 0 Å². The minimum atomic E-state index is -0.934. The lowest BCUT2D eigenvalue weighted by Crippen LogP contribution is -2.30. The molecule has 2 aromatic carbocycles. The van der Waals surface area contributed by atoms with Crippen molar-refractivity contribution in [3.05, 3.63) is 61.6 Å². The SMILES string of the molecule is C[C@@H](Oc1ccc([N+](=O)[O-])cc1Cl)C(=O)Nc1c(Cl)cccc1Cl. The Morgan fingerprint density at radius 3 is 2.33 bits per heavy atom. The number of nitrogens with one attached hydrogen (secondary N) is 1. The minimum absolute atomic E-state index is 0.0274. The van der Waals surface area contributed by atoms with Crippen molar-refractivity contribution in [3.63, 3.8) is 0 Å². The van der Waals surface area contributed by atoms with Crippen molar-refractivity contribution < 1.29 is 14.5 Å². The third-order valence-corrected chi connectivity index (χ3v) is 3.94. The van der Waals surface area contributed by atoms with Crippen LogP contribution in [0.5, 0.6) is 5.75 Å². The van der Waals surface area contributed by atoms with Gasteiger partial charge < -0.3 is 10.1 Å². The molecule has 0 fully saturated rings. The monoisotopic (exact) mass is 388 g/mol. The maximum Gasteiger partial charge on any atom is 0.271 e. The number of para-hydroxylation sites is 1. The Morgan fingerprint density at radius 1 is 1.17 bits per heavy atom. The van der Waals surface area contributed by atoms with Crippen LogP contribution in [-0.2, 0) is 4.79 Å². The molecule has 0 spiro atoms. The van der Waals surface area contributed by atoms with Crippen LogP contribution >= 0.6 is 34.8 Å². The van der Waals surface area contributed by atoms with E-state index in [9.17, 15) is 14.9 Å². The molecule has 2 rings (SSSR count).